The largest absolute Gasteiger partial charge is 0.473 e. The molecule has 0 saturated heterocycles. The van der Waals surface area contributed by atoms with Crippen molar-refractivity contribution in [1.29, 1.82) is 0 Å². The highest BCUT2D eigenvalue weighted by molar-refractivity contribution is 8.13. The van der Waals surface area contributed by atoms with Gasteiger partial charge in [0, 0.05) is 0 Å². The zero-order valence-electron chi connectivity index (χ0n) is 7.10. The summed E-state index contributed by atoms with van der Waals surface area (Å²) in [5.74, 6) is 0. The van der Waals surface area contributed by atoms with Crippen LogP contribution in [0.3, 0.4) is 0 Å². The zero-order valence-corrected chi connectivity index (χ0v) is 7.91. The fourth-order valence-corrected chi connectivity index (χ4v) is 1.57. The molecule has 0 unspecified atom stereocenters. The molecule has 0 radical (unpaired) electrons. The van der Waals surface area contributed by atoms with Crippen molar-refractivity contribution >= 4 is 17.1 Å². The van der Waals surface area contributed by atoms with Crippen LogP contribution in [0.15, 0.2) is 30.3 Å². The van der Waals surface area contributed by atoms with E-state index in [2.05, 4.69) is 0 Å². The van der Waals surface area contributed by atoms with Crippen LogP contribution in [-0.2, 0) is 4.93 Å². The predicted molar refractivity (Wildman–Crippen MR) is 51.6 cm³/mol. The van der Waals surface area contributed by atoms with Crippen molar-refractivity contribution in [2.75, 3.05) is 0 Å². The van der Waals surface area contributed by atoms with Crippen molar-refractivity contribution in [2.24, 2.45) is 0 Å². The van der Waals surface area contributed by atoms with Gasteiger partial charge in [0.05, 0.1) is 0 Å². The van der Waals surface area contributed by atoms with Crippen LogP contribution in [-0.4, -0.2) is 15.5 Å². The van der Waals surface area contributed by atoms with Crippen molar-refractivity contribution in [3.8, 4) is 0 Å². The minimum absolute atomic E-state index is 0.482. The van der Waals surface area contributed by atoms with Crippen molar-refractivity contribution in [1.82, 2.24) is 0 Å². The quantitative estimate of drug-likeness (QED) is 0.716. The number of carbonyl (C=O) groups is 1. The summed E-state index contributed by atoms with van der Waals surface area (Å²) in [4.78, 5) is 9.02. The van der Waals surface area contributed by atoms with Gasteiger partial charge in [0.15, 0.2) is 0 Å². The first-order valence-corrected chi connectivity index (χ1v) is 4.54. The minimum Gasteiger partial charge on any atom is -0.473 e. The van der Waals surface area contributed by atoms with Crippen LogP contribution in [0.5, 0.6) is 0 Å². The molecular weight excluding hydrogens is 188 g/mol. The van der Waals surface area contributed by atoms with E-state index >= 15 is 0 Å². The van der Waals surface area contributed by atoms with Gasteiger partial charge in [-0.05, 0) is 24.2 Å². The van der Waals surface area contributed by atoms with Gasteiger partial charge in [-0.1, -0.05) is 30.3 Å². The third-order valence-electron chi connectivity index (χ3n) is 1.60. The molecule has 0 aliphatic rings. The Morgan fingerprint density at radius 1 is 1.38 bits per heavy atom. The second-order valence-electron chi connectivity index (χ2n) is 2.72. The Bertz CT molecular complexity index is 295. The van der Waals surface area contributed by atoms with E-state index in [1.807, 2.05) is 6.07 Å². The summed E-state index contributed by atoms with van der Waals surface area (Å²) in [5, 5.41) is 17.2. The van der Waals surface area contributed by atoms with Crippen LogP contribution in [0.2, 0.25) is 0 Å². The summed E-state index contributed by atoms with van der Waals surface area (Å²) in [5.41, 5.74) is 0.586. The first kappa shape index (κ1) is 10.1. The maximum Gasteiger partial charge on any atom is 0.367 e. The standard InChI is InChI=1S/C9H10O3S/c1-9(12,13-8(10)11)7-5-3-2-4-6-7/h2-6,12H,1H3,(H,10,11)/t9-/m0/s1. The number of hydrogen-bond acceptors (Lipinski definition) is 3. The molecule has 0 saturated carbocycles. The van der Waals surface area contributed by atoms with Gasteiger partial charge in [-0.25, -0.2) is 4.79 Å². The third-order valence-corrected chi connectivity index (χ3v) is 2.40. The SMILES string of the molecule is C[C@](O)(SC(=O)O)c1ccccc1. The average molecular weight is 198 g/mol. The van der Waals surface area contributed by atoms with E-state index < -0.39 is 10.2 Å². The van der Waals surface area contributed by atoms with Crippen LogP contribution in [0.25, 0.3) is 0 Å². The maximum atomic E-state index is 10.4. The molecule has 1 atom stereocenters. The van der Waals surface area contributed by atoms with Crippen LogP contribution in [0.4, 0.5) is 4.79 Å². The molecule has 2 N–H and O–H groups in total. The third kappa shape index (κ3) is 2.75. The smallest absolute Gasteiger partial charge is 0.367 e. The summed E-state index contributed by atoms with van der Waals surface area (Å²) < 4.78 is 0. The first-order valence-electron chi connectivity index (χ1n) is 3.72. The van der Waals surface area contributed by atoms with Crippen molar-refractivity contribution in [2.45, 2.75) is 11.9 Å². The summed E-state index contributed by atoms with van der Waals surface area (Å²) in [6.45, 7) is 1.46. The Balaban J connectivity index is 2.87. The van der Waals surface area contributed by atoms with Crippen molar-refractivity contribution in [3.63, 3.8) is 0 Å². The van der Waals surface area contributed by atoms with Crippen molar-refractivity contribution < 1.29 is 15.0 Å². The van der Waals surface area contributed by atoms with Gasteiger partial charge in [0.1, 0.15) is 4.93 Å². The number of thioether (sulfide) groups is 1. The molecule has 3 nitrogen and oxygen atoms in total. The molecule has 1 aromatic carbocycles. The molecule has 0 spiro atoms. The summed E-state index contributed by atoms with van der Waals surface area (Å²) in [7, 11) is 0. The van der Waals surface area contributed by atoms with Crippen molar-refractivity contribution in [3.05, 3.63) is 35.9 Å². The molecule has 0 bridgehead atoms. The lowest BCUT2D eigenvalue weighted by molar-refractivity contribution is 0.157. The Labute approximate surface area is 80.4 Å². The van der Waals surface area contributed by atoms with E-state index in [4.69, 9.17) is 5.11 Å². The Hall–Kier alpha value is -1.00. The number of aliphatic hydroxyl groups is 1. The number of rotatable bonds is 2. The van der Waals surface area contributed by atoms with Gasteiger partial charge >= 0.3 is 5.30 Å². The molecule has 1 aromatic rings. The van der Waals surface area contributed by atoms with E-state index in [9.17, 15) is 9.90 Å². The predicted octanol–water partition coefficient (Wildman–Crippen LogP) is 2.26. The number of hydrogen-bond donors (Lipinski definition) is 2. The van der Waals surface area contributed by atoms with Gasteiger partial charge in [-0.2, -0.15) is 0 Å². The molecular formula is C9H10O3S. The van der Waals surface area contributed by atoms with E-state index in [0.29, 0.717) is 17.3 Å². The molecule has 4 heteroatoms. The molecule has 0 aliphatic carbocycles. The average Bonchev–Trinajstić information content (AvgIpc) is 2.04. The van der Waals surface area contributed by atoms with E-state index in [-0.39, 0.29) is 0 Å². The van der Waals surface area contributed by atoms with Crippen LogP contribution in [0, 0.1) is 0 Å². The molecule has 0 amide bonds. The molecule has 70 valence electrons. The summed E-state index contributed by atoms with van der Waals surface area (Å²) in [6.07, 6.45) is 0. The minimum atomic E-state index is -1.37. The zero-order chi connectivity index (χ0) is 9.90. The highest BCUT2D eigenvalue weighted by Gasteiger charge is 2.26. The number of carboxylic acid groups (broad SMARTS) is 1. The van der Waals surface area contributed by atoms with Gasteiger partial charge in [-0.3, -0.25) is 0 Å². The van der Waals surface area contributed by atoms with Gasteiger partial charge in [0.25, 0.3) is 0 Å². The molecule has 0 heterocycles. The lowest BCUT2D eigenvalue weighted by Crippen LogP contribution is -2.18. The van der Waals surface area contributed by atoms with Gasteiger partial charge < -0.3 is 10.2 Å². The normalized spacial score (nSPS) is 14.9. The molecule has 0 aliphatic heterocycles. The van der Waals surface area contributed by atoms with Gasteiger partial charge in [0.2, 0.25) is 0 Å². The van der Waals surface area contributed by atoms with E-state index in [1.165, 1.54) is 6.92 Å². The number of benzene rings is 1. The Morgan fingerprint density at radius 2 is 1.92 bits per heavy atom. The molecule has 0 fully saturated rings. The topological polar surface area (TPSA) is 57.5 Å². The molecule has 13 heavy (non-hydrogen) atoms. The van der Waals surface area contributed by atoms with Crippen LogP contribution in [0.1, 0.15) is 12.5 Å². The van der Waals surface area contributed by atoms with Gasteiger partial charge in [-0.15, -0.1) is 0 Å². The lowest BCUT2D eigenvalue weighted by atomic mass is 10.1. The second-order valence-corrected chi connectivity index (χ2v) is 4.07. The van der Waals surface area contributed by atoms with E-state index in [1.54, 1.807) is 24.3 Å². The first-order chi connectivity index (χ1) is 6.02. The molecule has 0 aromatic heterocycles. The molecule has 1 rings (SSSR count). The maximum absolute atomic E-state index is 10.4. The lowest BCUT2D eigenvalue weighted by Gasteiger charge is -2.19. The van der Waals surface area contributed by atoms with E-state index in [0.717, 1.165) is 0 Å². The highest BCUT2D eigenvalue weighted by atomic mass is 32.2. The van der Waals surface area contributed by atoms with Crippen LogP contribution >= 0.6 is 11.8 Å². The fourth-order valence-electron chi connectivity index (χ4n) is 0.976. The fraction of sp³-hybridized carbons (Fsp3) is 0.222. The summed E-state index contributed by atoms with van der Waals surface area (Å²) in [6, 6.07) is 8.70. The summed E-state index contributed by atoms with van der Waals surface area (Å²) >= 11 is 0.482. The Kier molecular flexibility index (Phi) is 2.95. The second kappa shape index (κ2) is 3.81. The van der Waals surface area contributed by atoms with Crippen LogP contribution < -0.4 is 0 Å². The highest BCUT2D eigenvalue weighted by Crippen LogP contribution is 2.33. The monoisotopic (exact) mass is 198 g/mol. The Morgan fingerprint density at radius 3 is 2.38 bits per heavy atom.